The monoisotopic (exact) mass is 459 g/mol. The molecule has 0 aliphatic heterocycles. The smallest absolute Gasteiger partial charge is 0.303 e. The van der Waals surface area contributed by atoms with Crippen LogP contribution in [0.1, 0.15) is 133 Å². The number of benzene rings is 1. The van der Waals surface area contributed by atoms with Gasteiger partial charge >= 0.3 is 5.97 Å². The van der Waals surface area contributed by atoms with Gasteiger partial charge in [-0.1, -0.05) is 110 Å². The van der Waals surface area contributed by atoms with Gasteiger partial charge in [-0.25, -0.2) is 0 Å². The molecule has 4 heteroatoms. The summed E-state index contributed by atoms with van der Waals surface area (Å²) in [4.78, 5) is 22.7. The molecule has 188 valence electrons. The topological polar surface area (TPSA) is 55.4 Å². The first-order chi connectivity index (χ1) is 16.1. The van der Waals surface area contributed by atoms with Crippen LogP contribution < -0.4 is 5.32 Å². The van der Waals surface area contributed by atoms with Gasteiger partial charge in [0.15, 0.2) is 12.4 Å². The van der Waals surface area contributed by atoms with Crippen LogP contribution in [0.3, 0.4) is 0 Å². The highest BCUT2D eigenvalue weighted by atomic mass is 16.5. The number of unbranched alkanes of at least 4 members (excludes halogenated alkanes) is 16. The highest BCUT2D eigenvalue weighted by Crippen LogP contribution is 2.15. The third kappa shape index (κ3) is 17.3. The lowest BCUT2D eigenvalue weighted by molar-refractivity contribution is -0.139. The molecule has 0 aliphatic carbocycles. The zero-order chi connectivity index (χ0) is 24.0. The van der Waals surface area contributed by atoms with E-state index in [1.807, 2.05) is 12.1 Å². The molecular weight excluding hydrogens is 410 g/mol. The van der Waals surface area contributed by atoms with Crippen LogP contribution in [-0.4, -0.2) is 24.9 Å². The van der Waals surface area contributed by atoms with Gasteiger partial charge < -0.3 is 10.1 Å². The van der Waals surface area contributed by atoms with Gasteiger partial charge in [0.05, 0.1) is 0 Å². The fourth-order valence-electron chi connectivity index (χ4n) is 4.11. The molecule has 0 bridgehead atoms. The first-order valence-corrected chi connectivity index (χ1v) is 13.6. The molecule has 33 heavy (non-hydrogen) atoms. The van der Waals surface area contributed by atoms with Crippen molar-refractivity contribution >= 4 is 17.4 Å². The molecular formula is C29H49NO3. The second-order valence-corrected chi connectivity index (χ2v) is 9.36. The molecule has 1 aromatic carbocycles. The molecule has 0 heterocycles. The van der Waals surface area contributed by atoms with E-state index in [2.05, 4.69) is 12.2 Å². The van der Waals surface area contributed by atoms with Crippen LogP contribution in [0.25, 0.3) is 0 Å². The average Bonchev–Trinajstić information content (AvgIpc) is 2.82. The maximum Gasteiger partial charge on any atom is 0.303 e. The van der Waals surface area contributed by atoms with Crippen LogP contribution in [0.15, 0.2) is 24.3 Å². The predicted octanol–water partition coefficient (Wildman–Crippen LogP) is 8.50. The summed E-state index contributed by atoms with van der Waals surface area (Å²) >= 11 is 0. The highest BCUT2D eigenvalue weighted by molar-refractivity contribution is 5.98. The summed E-state index contributed by atoms with van der Waals surface area (Å²) in [5.74, 6) is -0.611. The number of Topliss-reactive ketones (excluding diaryl/α,β-unsaturated/α-hetero) is 1. The molecule has 1 rings (SSSR count). The summed E-state index contributed by atoms with van der Waals surface area (Å²) in [6, 6.07) is 7.38. The Labute approximate surface area is 203 Å². The van der Waals surface area contributed by atoms with Crippen molar-refractivity contribution in [3.05, 3.63) is 29.8 Å². The van der Waals surface area contributed by atoms with Crippen molar-refractivity contribution in [2.24, 2.45) is 0 Å². The third-order valence-electron chi connectivity index (χ3n) is 6.22. The lowest BCUT2D eigenvalue weighted by atomic mass is 10.0. The normalized spacial score (nSPS) is 10.8. The van der Waals surface area contributed by atoms with E-state index in [1.54, 1.807) is 12.1 Å². The summed E-state index contributed by atoms with van der Waals surface area (Å²) < 4.78 is 4.75. The molecule has 4 nitrogen and oxygen atoms in total. The van der Waals surface area contributed by atoms with E-state index < -0.39 is 5.97 Å². The van der Waals surface area contributed by atoms with Crippen LogP contribution in [0.2, 0.25) is 0 Å². The minimum atomic E-state index is -0.435. The summed E-state index contributed by atoms with van der Waals surface area (Å²) in [7, 11) is 0. The molecule has 0 spiro atoms. The van der Waals surface area contributed by atoms with Crippen molar-refractivity contribution in [3.63, 3.8) is 0 Å². The number of ketones is 1. The van der Waals surface area contributed by atoms with Gasteiger partial charge in [-0.3, -0.25) is 9.59 Å². The molecule has 0 fully saturated rings. The average molecular weight is 460 g/mol. The highest BCUT2D eigenvalue weighted by Gasteiger charge is 2.07. The van der Waals surface area contributed by atoms with Crippen molar-refractivity contribution in [2.75, 3.05) is 18.5 Å². The van der Waals surface area contributed by atoms with E-state index in [0.29, 0.717) is 5.56 Å². The molecule has 0 atom stereocenters. The van der Waals surface area contributed by atoms with Crippen LogP contribution in [0.5, 0.6) is 0 Å². The van der Waals surface area contributed by atoms with Crippen molar-refractivity contribution in [3.8, 4) is 0 Å². The van der Waals surface area contributed by atoms with Gasteiger partial charge in [-0.2, -0.15) is 0 Å². The maximum absolute atomic E-state index is 11.9. The van der Waals surface area contributed by atoms with Gasteiger partial charge in [0.2, 0.25) is 0 Å². The Bertz CT molecular complexity index is 612. The van der Waals surface area contributed by atoms with Gasteiger partial charge in [0.1, 0.15) is 0 Å². The number of carbonyl (C=O) groups is 2. The second kappa shape index (κ2) is 20.7. The minimum Gasteiger partial charge on any atom is -0.457 e. The van der Waals surface area contributed by atoms with Crippen molar-refractivity contribution < 1.29 is 14.3 Å². The van der Waals surface area contributed by atoms with E-state index in [1.165, 1.54) is 116 Å². The summed E-state index contributed by atoms with van der Waals surface area (Å²) in [5.41, 5.74) is 1.59. The molecule has 0 amide bonds. The summed E-state index contributed by atoms with van der Waals surface area (Å²) in [6.45, 7) is 4.35. The Morgan fingerprint density at radius 2 is 1.09 bits per heavy atom. The van der Waals surface area contributed by atoms with Crippen LogP contribution >= 0.6 is 0 Å². The van der Waals surface area contributed by atoms with E-state index >= 15 is 0 Å². The molecule has 1 aromatic rings. The Hall–Kier alpha value is -1.84. The number of anilines is 1. The Kier molecular flexibility index (Phi) is 18.4. The zero-order valence-electron chi connectivity index (χ0n) is 21.5. The van der Waals surface area contributed by atoms with Crippen molar-refractivity contribution in [2.45, 2.75) is 123 Å². The molecule has 1 N–H and O–H groups in total. The standard InChI is InChI=1S/C29H49NO3/c1-3-4-5-6-7-8-9-10-11-12-13-14-15-16-17-18-19-24-30-28-22-20-27(21-23-28)29(32)25-33-26(2)31/h20-23,30H,3-19,24-25H2,1-2H3. The SMILES string of the molecule is CCCCCCCCCCCCCCCCCCCNc1ccc(C(=O)COC(C)=O)cc1. The van der Waals surface area contributed by atoms with Crippen molar-refractivity contribution in [1.29, 1.82) is 0 Å². The van der Waals surface area contributed by atoms with Crippen LogP contribution in [0.4, 0.5) is 5.69 Å². The summed E-state index contributed by atoms with van der Waals surface area (Å²) in [5, 5.41) is 3.42. The maximum atomic E-state index is 11.9. The van der Waals surface area contributed by atoms with Gasteiger partial charge in [-0.15, -0.1) is 0 Å². The third-order valence-corrected chi connectivity index (χ3v) is 6.22. The Morgan fingerprint density at radius 1 is 0.667 bits per heavy atom. The number of esters is 1. The Balaban J connectivity index is 1.87. The molecule has 0 radical (unpaired) electrons. The lowest BCUT2D eigenvalue weighted by Gasteiger charge is -2.08. The first kappa shape index (κ1) is 29.2. The molecule has 0 saturated carbocycles. The molecule has 0 unspecified atom stereocenters. The predicted molar refractivity (Wildman–Crippen MR) is 140 cm³/mol. The van der Waals surface area contributed by atoms with Crippen LogP contribution in [0, 0.1) is 0 Å². The fraction of sp³-hybridized carbons (Fsp3) is 0.724. The lowest BCUT2D eigenvalue weighted by Crippen LogP contribution is -2.11. The van der Waals surface area contributed by atoms with Gasteiger partial charge in [-0.05, 0) is 30.7 Å². The number of carbonyl (C=O) groups excluding carboxylic acids is 2. The number of rotatable bonds is 22. The quantitative estimate of drug-likeness (QED) is 0.107. The van der Waals surface area contributed by atoms with E-state index in [0.717, 1.165) is 12.2 Å². The van der Waals surface area contributed by atoms with E-state index in [4.69, 9.17) is 4.74 Å². The number of ether oxygens (including phenoxy) is 1. The second-order valence-electron chi connectivity index (χ2n) is 9.36. The van der Waals surface area contributed by atoms with Crippen LogP contribution in [-0.2, 0) is 9.53 Å². The number of nitrogens with one attached hydrogen (secondary N) is 1. The number of hydrogen-bond donors (Lipinski definition) is 1. The molecule has 0 aromatic heterocycles. The fourth-order valence-corrected chi connectivity index (χ4v) is 4.11. The van der Waals surface area contributed by atoms with Gasteiger partial charge in [0.25, 0.3) is 0 Å². The molecule has 0 saturated heterocycles. The minimum absolute atomic E-state index is 0.176. The van der Waals surface area contributed by atoms with Crippen molar-refractivity contribution in [1.82, 2.24) is 0 Å². The Morgan fingerprint density at radius 3 is 1.52 bits per heavy atom. The van der Waals surface area contributed by atoms with E-state index in [-0.39, 0.29) is 12.4 Å². The van der Waals surface area contributed by atoms with Gasteiger partial charge in [0, 0.05) is 24.7 Å². The van der Waals surface area contributed by atoms with E-state index in [9.17, 15) is 9.59 Å². The number of hydrogen-bond acceptors (Lipinski definition) is 4. The summed E-state index contributed by atoms with van der Waals surface area (Å²) in [6.07, 6.45) is 23.6. The first-order valence-electron chi connectivity index (χ1n) is 13.6. The largest absolute Gasteiger partial charge is 0.457 e. The zero-order valence-corrected chi connectivity index (χ0v) is 21.5. The molecule has 0 aliphatic rings.